The Balaban J connectivity index is 1.55. The molecule has 0 aromatic carbocycles. The molecule has 1 saturated heterocycles. The molecule has 0 spiro atoms. The summed E-state index contributed by atoms with van der Waals surface area (Å²) in [6.07, 6.45) is 4.45. The minimum Gasteiger partial charge on any atom is -0.354 e. The smallest absolute Gasteiger partial charge is 0.260 e. The molecule has 0 unspecified atom stereocenters. The van der Waals surface area contributed by atoms with Crippen LogP contribution in [0.4, 0.5) is 5.82 Å². The van der Waals surface area contributed by atoms with Crippen LogP contribution in [0, 0.1) is 20.8 Å². The Labute approximate surface area is 163 Å². The van der Waals surface area contributed by atoms with Crippen LogP contribution < -0.4 is 4.90 Å². The maximum Gasteiger partial charge on any atom is 0.260 e. The van der Waals surface area contributed by atoms with Crippen molar-refractivity contribution in [1.82, 2.24) is 33.8 Å². The molecule has 28 heavy (non-hydrogen) atoms. The first-order valence-electron chi connectivity index (χ1n) is 8.96. The van der Waals surface area contributed by atoms with E-state index in [0.29, 0.717) is 32.0 Å². The second kappa shape index (κ2) is 6.99. The maximum atomic E-state index is 12.6. The minimum atomic E-state index is -3.54. The highest BCUT2D eigenvalue weighted by Crippen LogP contribution is 2.21. The summed E-state index contributed by atoms with van der Waals surface area (Å²) in [5.74, 6) is 2.20. The summed E-state index contributed by atoms with van der Waals surface area (Å²) in [7, 11) is -3.54. The van der Waals surface area contributed by atoms with Gasteiger partial charge >= 0.3 is 0 Å². The number of imidazole rings is 2. The Morgan fingerprint density at radius 3 is 2.36 bits per heavy atom. The molecule has 0 atom stereocenters. The van der Waals surface area contributed by atoms with Crippen molar-refractivity contribution >= 4 is 15.8 Å². The monoisotopic (exact) mass is 402 g/mol. The molecule has 0 radical (unpaired) electrons. The van der Waals surface area contributed by atoms with E-state index in [-0.39, 0.29) is 5.03 Å². The highest BCUT2D eigenvalue weighted by molar-refractivity contribution is 7.89. The van der Waals surface area contributed by atoms with Gasteiger partial charge in [-0.05, 0) is 20.8 Å². The first-order valence-corrected chi connectivity index (χ1v) is 10.4. The first-order chi connectivity index (χ1) is 13.4. The quantitative estimate of drug-likeness (QED) is 0.687. The van der Waals surface area contributed by atoms with Crippen LogP contribution in [0.5, 0.6) is 0 Å². The summed E-state index contributed by atoms with van der Waals surface area (Å²) < 4.78 is 28.7. The Morgan fingerprint density at radius 1 is 1.04 bits per heavy atom. The van der Waals surface area contributed by atoms with Crippen molar-refractivity contribution in [2.24, 2.45) is 0 Å². The van der Waals surface area contributed by atoms with Gasteiger partial charge in [-0.25, -0.2) is 28.4 Å². The van der Waals surface area contributed by atoms with Crippen molar-refractivity contribution in [3.8, 4) is 5.82 Å². The number of hydrogen-bond donors (Lipinski definition) is 1. The van der Waals surface area contributed by atoms with Gasteiger partial charge < -0.3 is 9.88 Å². The molecular weight excluding hydrogens is 380 g/mol. The first kappa shape index (κ1) is 18.6. The van der Waals surface area contributed by atoms with Crippen LogP contribution in [0.1, 0.15) is 17.2 Å². The third-order valence-corrected chi connectivity index (χ3v) is 6.79. The second-order valence-corrected chi connectivity index (χ2v) is 8.63. The predicted molar refractivity (Wildman–Crippen MR) is 103 cm³/mol. The average Bonchev–Trinajstić information content (AvgIpc) is 3.33. The van der Waals surface area contributed by atoms with Crippen LogP contribution in [0.3, 0.4) is 0 Å². The van der Waals surface area contributed by atoms with Crippen molar-refractivity contribution < 1.29 is 8.42 Å². The number of sulfonamides is 1. The third kappa shape index (κ3) is 3.27. The lowest BCUT2D eigenvalue weighted by atomic mass is 10.3. The fourth-order valence-electron chi connectivity index (χ4n) is 3.23. The van der Waals surface area contributed by atoms with E-state index in [1.807, 2.05) is 31.4 Å². The molecule has 0 saturated carbocycles. The zero-order valence-corrected chi connectivity index (χ0v) is 16.8. The zero-order chi connectivity index (χ0) is 19.9. The van der Waals surface area contributed by atoms with E-state index >= 15 is 0 Å². The van der Waals surface area contributed by atoms with Gasteiger partial charge in [-0.3, -0.25) is 4.57 Å². The Morgan fingerprint density at radius 2 is 1.75 bits per heavy atom. The number of nitrogens with zero attached hydrogens (tertiary/aromatic N) is 7. The second-order valence-electron chi connectivity index (χ2n) is 6.72. The lowest BCUT2D eigenvalue weighted by Gasteiger charge is -2.34. The van der Waals surface area contributed by atoms with Crippen LogP contribution in [-0.2, 0) is 10.0 Å². The van der Waals surface area contributed by atoms with E-state index in [1.165, 1.54) is 16.8 Å². The minimum absolute atomic E-state index is 0.118. The number of nitrogens with one attached hydrogen (secondary N) is 1. The van der Waals surface area contributed by atoms with Gasteiger partial charge in [0.05, 0.1) is 18.2 Å². The van der Waals surface area contributed by atoms with Gasteiger partial charge in [-0.15, -0.1) is 0 Å². The van der Waals surface area contributed by atoms with E-state index < -0.39 is 10.0 Å². The van der Waals surface area contributed by atoms with E-state index in [1.54, 1.807) is 6.33 Å². The number of aromatic nitrogens is 6. The SMILES string of the molecule is Cc1nc(N2CCN(S(=O)(=O)c3cnc[nH]3)CC2)cc(-n2cnc(C)c2C)n1. The van der Waals surface area contributed by atoms with Crippen LogP contribution in [-0.4, -0.2) is 68.4 Å². The molecule has 0 bridgehead atoms. The summed E-state index contributed by atoms with van der Waals surface area (Å²) >= 11 is 0. The molecule has 1 N–H and O–H groups in total. The molecule has 10 nitrogen and oxygen atoms in total. The molecule has 1 aliphatic rings. The van der Waals surface area contributed by atoms with Gasteiger partial charge in [0.15, 0.2) is 5.03 Å². The number of piperazine rings is 1. The molecule has 4 heterocycles. The summed E-state index contributed by atoms with van der Waals surface area (Å²) in [5, 5.41) is 0.118. The van der Waals surface area contributed by atoms with Crippen LogP contribution in [0.2, 0.25) is 0 Å². The number of rotatable bonds is 4. The molecule has 0 aliphatic carbocycles. The van der Waals surface area contributed by atoms with Gasteiger partial charge in [0.2, 0.25) is 0 Å². The maximum absolute atomic E-state index is 12.6. The van der Waals surface area contributed by atoms with E-state index in [0.717, 1.165) is 23.0 Å². The van der Waals surface area contributed by atoms with Crippen LogP contribution >= 0.6 is 0 Å². The number of aromatic amines is 1. The van der Waals surface area contributed by atoms with E-state index in [4.69, 9.17) is 0 Å². The predicted octanol–water partition coefficient (Wildman–Crippen LogP) is 0.822. The molecule has 4 rings (SSSR count). The van der Waals surface area contributed by atoms with Crippen molar-refractivity contribution in [2.45, 2.75) is 25.8 Å². The van der Waals surface area contributed by atoms with Gasteiger partial charge in [0.25, 0.3) is 10.0 Å². The zero-order valence-electron chi connectivity index (χ0n) is 16.0. The standard InChI is InChI=1S/C17H22N8O2S/c1-12-13(2)25(11-20-12)16-8-15(21-14(3)22-16)23-4-6-24(7-5-23)28(26,27)17-9-18-10-19-17/h8-11H,4-7H2,1-3H3,(H,18,19). The van der Waals surface area contributed by atoms with Gasteiger partial charge in [-0.1, -0.05) is 0 Å². The van der Waals surface area contributed by atoms with Crippen molar-refractivity contribution in [2.75, 3.05) is 31.1 Å². The lowest BCUT2D eigenvalue weighted by Crippen LogP contribution is -2.49. The molecular formula is C17H22N8O2S. The molecule has 3 aromatic rings. The van der Waals surface area contributed by atoms with E-state index in [2.05, 4.69) is 29.8 Å². The number of aryl methyl sites for hydroxylation is 2. The third-order valence-electron chi connectivity index (χ3n) is 4.96. The average molecular weight is 402 g/mol. The molecule has 11 heteroatoms. The van der Waals surface area contributed by atoms with Gasteiger partial charge in [-0.2, -0.15) is 4.31 Å². The number of H-pyrrole nitrogens is 1. The van der Waals surface area contributed by atoms with Gasteiger partial charge in [0, 0.05) is 37.9 Å². The van der Waals surface area contributed by atoms with Gasteiger partial charge in [0.1, 0.15) is 23.8 Å². The fourth-order valence-corrected chi connectivity index (χ4v) is 4.55. The lowest BCUT2D eigenvalue weighted by molar-refractivity contribution is 0.382. The number of anilines is 1. The normalized spacial score (nSPS) is 15.9. The summed E-state index contributed by atoms with van der Waals surface area (Å²) in [4.78, 5) is 22.0. The number of hydrogen-bond acceptors (Lipinski definition) is 7. The van der Waals surface area contributed by atoms with Crippen molar-refractivity contribution in [1.29, 1.82) is 0 Å². The largest absolute Gasteiger partial charge is 0.354 e. The van der Waals surface area contributed by atoms with Crippen molar-refractivity contribution in [3.05, 3.63) is 42.1 Å². The summed E-state index contributed by atoms with van der Waals surface area (Å²) in [6, 6.07) is 1.92. The van der Waals surface area contributed by atoms with Crippen molar-refractivity contribution in [3.63, 3.8) is 0 Å². The Hall–Kier alpha value is -2.79. The molecule has 0 amide bonds. The summed E-state index contributed by atoms with van der Waals surface area (Å²) in [5.41, 5.74) is 1.98. The van der Waals surface area contributed by atoms with Crippen LogP contribution in [0.25, 0.3) is 5.82 Å². The highest BCUT2D eigenvalue weighted by atomic mass is 32.2. The van der Waals surface area contributed by atoms with E-state index in [9.17, 15) is 8.42 Å². The topological polar surface area (TPSA) is 113 Å². The fraction of sp³-hybridized carbons (Fsp3) is 0.412. The molecule has 3 aromatic heterocycles. The Bertz CT molecular complexity index is 1080. The molecule has 1 fully saturated rings. The molecule has 148 valence electrons. The summed E-state index contributed by atoms with van der Waals surface area (Å²) in [6.45, 7) is 7.66. The molecule has 1 aliphatic heterocycles. The van der Waals surface area contributed by atoms with Crippen LogP contribution in [0.15, 0.2) is 29.9 Å². The highest BCUT2D eigenvalue weighted by Gasteiger charge is 2.30. The Kier molecular flexibility index (Phi) is 4.63.